The van der Waals surface area contributed by atoms with E-state index in [1.165, 1.54) is 37.0 Å². The first-order valence-electron chi connectivity index (χ1n) is 14.6. The first-order valence-corrected chi connectivity index (χ1v) is 14.6. The van der Waals surface area contributed by atoms with Gasteiger partial charge in [0.2, 0.25) is 0 Å². The molecule has 3 aliphatic rings. The third-order valence-corrected chi connectivity index (χ3v) is 9.40. The number of nitrogens with zero attached hydrogens (tertiary/aromatic N) is 2. The minimum absolute atomic E-state index is 0.365. The zero-order valence-electron chi connectivity index (χ0n) is 22.4. The molecule has 38 heavy (non-hydrogen) atoms. The van der Waals surface area contributed by atoms with Crippen LogP contribution >= 0.6 is 0 Å². The first-order chi connectivity index (χ1) is 18.4. The summed E-state index contributed by atoms with van der Waals surface area (Å²) in [5, 5.41) is 10.1. The van der Waals surface area contributed by atoms with Crippen molar-refractivity contribution < 1.29 is 18.7 Å². The number of piperidine rings is 1. The molecule has 2 saturated heterocycles. The number of likely N-dealkylation sites (tertiary alicyclic amines) is 2. The lowest BCUT2D eigenvalue weighted by atomic mass is 9.80. The maximum absolute atomic E-state index is 13.5. The smallest absolute Gasteiger partial charge is 0.320 e. The number of carbonyl (C=O) groups is 1. The van der Waals surface area contributed by atoms with Crippen molar-refractivity contribution >= 4 is 5.97 Å². The maximum Gasteiger partial charge on any atom is 0.320 e. The van der Waals surface area contributed by atoms with Crippen molar-refractivity contribution in [2.24, 2.45) is 17.8 Å². The molecule has 2 aliphatic heterocycles. The molecule has 5 rings (SSSR count). The summed E-state index contributed by atoms with van der Waals surface area (Å²) in [4.78, 5) is 17.1. The third kappa shape index (κ3) is 7.01. The lowest BCUT2D eigenvalue weighted by molar-refractivity contribution is -0.144. The van der Waals surface area contributed by atoms with Crippen LogP contribution in [0.4, 0.5) is 8.78 Å². The Morgan fingerprint density at radius 1 is 0.947 bits per heavy atom. The van der Waals surface area contributed by atoms with Crippen LogP contribution in [0.3, 0.4) is 0 Å². The van der Waals surface area contributed by atoms with Gasteiger partial charge in [-0.15, -0.1) is 0 Å². The van der Waals surface area contributed by atoms with Crippen molar-refractivity contribution in [1.82, 2.24) is 9.80 Å². The Morgan fingerprint density at radius 3 is 2.29 bits per heavy atom. The fourth-order valence-electron chi connectivity index (χ4n) is 7.01. The van der Waals surface area contributed by atoms with Crippen LogP contribution in [0.15, 0.2) is 48.5 Å². The number of hydrogen-bond acceptors (Lipinski definition) is 3. The van der Waals surface area contributed by atoms with Gasteiger partial charge in [0, 0.05) is 31.6 Å². The predicted molar refractivity (Wildman–Crippen MR) is 146 cm³/mol. The summed E-state index contributed by atoms with van der Waals surface area (Å²) in [7, 11) is 0. The van der Waals surface area contributed by atoms with Crippen LogP contribution in [0.5, 0.6) is 0 Å². The van der Waals surface area contributed by atoms with Crippen LogP contribution in [0.2, 0.25) is 0 Å². The Balaban J connectivity index is 1.14. The van der Waals surface area contributed by atoms with Gasteiger partial charge >= 0.3 is 5.97 Å². The highest BCUT2D eigenvalue weighted by Crippen LogP contribution is 2.38. The summed E-state index contributed by atoms with van der Waals surface area (Å²) in [5.74, 6) is 0.378. The van der Waals surface area contributed by atoms with Crippen LogP contribution in [0.1, 0.15) is 68.4 Å². The normalized spacial score (nSPS) is 24.4. The summed E-state index contributed by atoms with van der Waals surface area (Å²) in [6, 6.07) is 14.1. The number of rotatable bonds is 11. The van der Waals surface area contributed by atoms with Gasteiger partial charge in [0.25, 0.3) is 0 Å². The van der Waals surface area contributed by atoms with Gasteiger partial charge in [-0.1, -0.05) is 56.0 Å². The number of aryl methyl sites for hydroxylation is 1. The molecule has 1 saturated carbocycles. The molecule has 2 heterocycles. The van der Waals surface area contributed by atoms with Gasteiger partial charge in [0.15, 0.2) is 0 Å². The summed E-state index contributed by atoms with van der Waals surface area (Å²) in [6.45, 7) is 4.84. The van der Waals surface area contributed by atoms with E-state index >= 15 is 0 Å². The molecule has 2 unspecified atom stereocenters. The molecule has 0 aromatic heterocycles. The number of halogens is 2. The van der Waals surface area contributed by atoms with Crippen LogP contribution in [0, 0.1) is 29.4 Å². The zero-order valence-corrected chi connectivity index (χ0v) is 22.4. The SMILES string of the molecule is O=C(O)[C@@H](CC1CCC1)N1CC(CN2CCC(CCCc3cc(F)cc(F)c3)CC2)C(c2ccccc2)C1. The van der Waals surface area contributed by atoms with Crippen molar-refractivity contribution in [2.75, 3.05) is 32.7 Å². The number of carboxylic acid groups (broad SMARTS) is 1. The molecule has 0 amide bonds. The van der Waals surface area contributed by atoms with Crippen molar-refractivity contribution in [3.63, 3.8) is 0 Å². The molecular weight excluding hydrogens is 482 g/mol. The highest BCUT2D eigenvalue weighted by Gasteiger charge is 2.41. The van der Waals surface area contributed by atoms with Gasteiger partial charge < -0.3 is 10.0 Å². The molecule has 206 valence electrons. The number of aliphatic carboxylic acids is 1. The fourth-order valence-corrected chi connectivity index (χ4v) is 7.01. The van der Waals surface area contributed by atoms with Crippen molar-refractivity contribution in [1.29, 1.82) is 0 Å². The highest BCUT2D eigenvalue weighted by molar-refractivity contribution is 5.73. The molecule has 2 aromatic carbocycles. The average Bonchev–Trinajstić information content (AvgIpc) is 3.27. The molecule has 0 radical (unpaired) electrons. The topological polar surface area (TPSA) is 43.8 Å². The molecule has 3 fully saturated rings. The van der Waals surface area contributed by atoms with Crippen LogP contribution < -0.4 is 0 Å². The number of benzene rings is 2. The molecule has 4 nitrogen and oxygen atoms in total. The molecule has 1 N–H and O–H groups in total. The molecule has 3 atom stereocenters. The third-order valence-electron chi connectivity index (χ3n) is 9.40. The summed E-state index contributed by atoms with van der Waals surface area (Å²) in [6.07, 6.45) is 9.47. The predicted octanol–water partition coefficient (Wildman–Crippen LogP) is 6.36. The molecule has 6 heteroatoms. The minimum atomic E-state index is -0.661. The monoisotopic (exact) mass is 524 g/mol. The lowest BCUT2D eigenvalue weighted by Crippen LogP contribution is -2.43. The number of carboxylic acids is 1. The Kier molecular flexibility index (Phi) is 9.11. The second-order valence-electron chi connectivity index (χ2n) is 12.0. The fraction of sp³-hybridized carbons (Fsp3) is 0.594. The van der Waals surface area contributed by atoms with Gasteiger partial charge in [-0.05, 0) is 86.2 Å². The van der Waals surface area contributed by atoms with Crippen molar-refractivity contribution in [3.8, 4) is 0 Å². The average molecular weight is 525 g/mol. The van der Waals surface area contributed by atoms with Gasteiger partial charge in [0.1, 0.15) is 17.7 Å². The summed E-state index contributed by atoms with van der Waals surface area (Å²) < 4.78 is 26.9. The Morgan fingerprint density at radius 2 is 1.66 bits per heavy atom. The highest BCUT2D eigenvalue weighted by atomic mass is 19.1. The second-order valence-corrected chi connectivity index (χ2v) is 12.0. The van der Waals surface area contributed by atoms with Crippen molar-refractivity contribution in [3.05, 3.63) is 71.3 Å². The van der Waals surface area contributed by atoms with Gasteiger partial charge in [-0.2, -0.15) is 0 Å². The number of hydrogen-bond donors (Lipinski definition) is 1. The van der Waals surface area contributed by atoms with Gasteiger partial charge in [0.05, 0.1) is 0 Å². The van der Waals surface area contributed by atoms with Crippen LogP contribution in [-0.4, -0.2) is 59.6 Å². The molecular formula is C32H42F2N2O2. The Labute approximate surface area is 226 Å². The lowest BCUT2D eigenvalue weighted by Gasteiger charge is -2.35. The van der Waals surface area contributed by atoms with E-state index in [4.69, 9.17) is 0 Å². The van der Waals surface area contributed by atoms with E-state index in [1.807, 2.05) is 0 Å². The minimum Gasteiger partial charge on any atom is -0.480 e. The second kappa shape index (κ2) is 12.7. The largest absolute Gasteiger partial charge is 0.480 e. The van der Waals surface area contributed by atoms with E-state index in [-0.39, 0.29) is 6.04 Å². The molecule has 0 bridgehead atoms. The zero-order chi connectivity index (χ0) is 26.5. The quantitative estimate of drug-likeness (QED) is 0.372. The molecule has 2 aromatic rings. The van der Waals surface area contributed by atoms with E-state index in [0.29, 0.717) is 23.7 Å². The van der Waals surface area contributed by atoms with Crippen LogP contribution in [-0.2, 0) is 11.2 Å². The van der Waals surface area contributed by atoms with Gasteiger partial charge in [-0.3, -0.25) is 9.69 Å². The standard InChI is InChI=1S/C32H42F2N2O2/c33-28-16-25(17-29(34)19-28)9-4-6-23-12-14-35(15-13-23)20-27-21-36(22-30(27)26-10-2-1-3-11-26)31(32(37)38)18-24-7-5-8-24/h1-3,10-11,16-17,19,23-24,27,30-31H,4-9,12-15,18,20-22H2,(H,37,38)/t27?,30?,31-/m1/s1. The van der Waals surface area contributed by atoms with E-state index in [0.717, 1.165) is 82.9 Å². The molecule has 0 spiro atoms. The van der Waals surface area contributed by atoms with E-state index < -0.39 is 17.6 Å². The van der Waals surface area contributed by atoms with Crippen LogP contribution in [0.25, 0.3) is 0 Å². The summed E-state index contributed by atoms with van der Waals surface area (Å²) in [5.41, 5.74) is 2.08. The van der Waals surface area contributed by atoms with E-state index in [1.54, 1.807) is 0 Å². The summed E-state index contributed by atoms with van der Waals surface area (Å²) >= 11 is 0. The Hall–Kier alpha value is -2.31. The maximum atomic E-state index is 13.5. The molecule has 1 aliphatic carbocycles. The van der Waals surface area contributed by atoms with E-state index in [2.05, 4.69) is 40.1 Å². The first kappa shape index (κ1) is 27.3. The van der Waals surface area contributed by atoms with Crippen molar-refractivity contribution in [2.45, 2.75) is 69.7 Å². The van der Waals surface area contributed by atoms with Gasteiger partial charge in [-0.25, -0.2) is 8.78 Å². The Bertz CT molecular complexity index is 1030. The van der Waals surface area contributed by atoms with E-state index in [9.17, 15) is 18.7 Å².